The summed E-state index contributed by atoms with van der Waals surface area (Å²) in [4.78, 5) is 21.1. The first-order valence-corrected chi connectivity index (χ1v) is 6.27. The van der Waals surface area contributed by atoms with Crippen molar-refractivity contribution >= 4 is 22.7 Å². The molecule has 0 amide bonds. The smallest absolute Gasteiger partial charge is 0.318 e. The lowest BCUT2D eigenvalue weighted by Crippen LogP contribution is -2.20. The molecule has 0 saturated carbocycles. The van der Waals surface area contributed by atoms with Gasteiger partial charge in [-0.15, -0.1) is 0 Å². The monoisotopic (exact) mass is 236 g/mol. The van der Waals surface area contributed by atoms with E-state index in [0.717, 1.165) is 19.3 Å². The first kappa shape index (κ1) is 14.1. The standard InChI is InChI=1S/C9H16O5S/c1-2-3-4-5-14-9(12)7-15(13)6-8(10)11/h2-7H2,1H3,(H,10,11). The second-order valence-corrected chi connectivity index (χ2v) is 4.51. The maximum Gasteiger partial charge on any atom is 0.318 e. The van der Waals surface area contributed by atoms with E-state index in [1.165, 1.54) is 0 Å². The van der Waals surface area contributed by atoms with Gasteiger partial charge in [0.15, 0.2) is 0 Å². The van der Waals surface area contributed by atoms with Gasteiger partial charge in [-0.25, -0.2) is 0 Å². The third kappa shape index (κ3) is 9.40. The van der Waals surface area contributed by atoms with Crippen molar-refractivity contribution in [1.29, 1.82) is 0 Å². The van der Waals surface area contributed by atoms with E-state index in [1.54, 1.807) is 0 Å². The summed E-state index contributed by atoms with van der Waals surface area (Å²) in [6.45, 7) is 2.35. The van der Waals surface area contributed by atoms with Crippen LogP contribution in [0.1, 0.15) is 26.2 Å². The molecule has 0 rings (SSSR count). The number of hydrogen-bond acceptors (Lipinski definition) is 4. The van der Waals surface area contributed by atoms with Crippen LogP contribution >= 0.6 is 0 Å². The Morgan fingerprint density at radius 3 is 2.47 bits per heavy atom. The number of carbonyl (C=O) groups excluding carboxylic acids is 1. The average Bonchev–Trinajstić information content (AvgIpc) is 2.10. The Labute approximate surface area is 91.3 Å². The molecule has 0 aromatic rings. The van der Waals surface area contributed by atoms with E-state index in [2.05, 4.69) is 0 Å². The highest BCUT2D eigenvalue weighted by Crippen LogP contribution is 1.95. The minimum atomic E-state index is -1.66. The summed E-state index contributed by atoms with van der Waals surface area (Å²) in [5.74, 6) is -2.61. The minimum Gasteiger partial charge on any atom is -0.481 e. The molecule has 1 atom stereocenters. The number of hydrogen-bond donors (Lipinski definition) is 1. The lowest BCUT2D eigenvalue weighted by atomic mass is 10.3. The van der Waals surface area contributed by atoms with E-state index in [4.69, 9.17) is 9.84 Å². The highest BCUT2D eigenvalue weighted by atomic mass is 32.2. The Hall–Kier alpha value is -0.910. The third-order valence-electron chi connectivity index (χ3n) is 1.57. The van der Waals surface area contributed by atoms with Gasteiger partial charge in [0.1, 0.15) is 11.5 Å². The van der Waals surface area contributed by atoms with E-state index < -0.39 is 28.5 Å². The fourth-order valence-corrected chi connectivity index (χ4v) is 1.62. The van der Waals surface area contributed by atoms with Gasteiger partial charge in [0.25, 0.3) is 0 Å². The maximum absolute atomic E-state index is 11.0. The molecule has 0 saturated heterocycles. The first-order valence-electron chi connectivity index (χ1n) is 4.78. The van der Waals surface area contributed by atoms with Crippen molar-refractivity contribution in [3.8, 4) is 0 Å². The largest absolute Gasteiger partial charge is 0.481 e. The van der Waals surface area contributed by atoms with Gasteiger partial charge < -0.3 is 9.84 Å². The van der Waals surface area contributed by atoms with Crippen LogP contribution in [-0.2, 0) is 25.1 Å². The predicted octanol–water partition coefficient (Wildman–Crippen LogP) is 0.553. The van der Waals surface area contributed by atoms with E-state index in [1.807, 2.05) is 6.92 Å². The summed E-state index contributed by atoms with van der Waals surface area (Å²) in [5, 5.41) is 8.30. The van der Waals surface area contributed by atoms with E-state index in [-0.39, 0.29) is 5.75 Å². The fourth-order valence-electron chi connectivity index (χ4n) is 0.900. The van der Waals surface area contributed by atoms with Crippen LogP contribution in [0.25, 0.3) is 0 Å². The summed E-state index contributed by atoms with van der Waals surface area (Å²) in [6, 6.07) is 0. The van der Waals surface area contributed by atoms with Crippen LogP contribution in [0.15, 0.2) is 0 Å². The number of rotatable bonds is 8. The second kappa shape index (κ2) is 8.40. The van der Waals surface area contributed by atoms with Gasteiger partial charge in [-0.2, -0.15) is 0 Å². The van der Waals surface area contributed by atoms with Gasteiger partial charge in [0.05, 0.1) is 6.61 Å². The number of carboxylic acid groups (broad SMARTS) is 1. The number of aliphatic carboxylic acids is 1. The zero-order chi connectivity index (χ0) is 11.7. The molecule has 0 aromatic carbocycles. The Balaban J connectivity index is 3.56. The van der Waals surface area contributed by atoms with Crippen LogP contribution in [0, 0.1) is 0 Å². The van der Waals surface area contributed by atoms with Gasteiger partial charge in [-0.3, -0.25) is 13.8 Å². The summed E-state index contributed by atoms with van der Waals surface area (Å²) in [5.41, 5.74) is 0. The summed E-state index contributed by atoms with van der Waals surface area (Å²) in [7, 11) is -1.66. The molecule has 0 aromatic heterocycles. The molecule has 0 aliphatic rings. The SMILES string of the molecule is CCCCCOC(=O)CS(=O)CC(=O)O. The van der Waals surface area contributed by atoms with E-state index in [9.17, 15) is 13.8 Å². The highest BCUT2D eigenvalue weighted by Gasteiger charge is 2.12. The van der Waals surface area contributed by atoms with Crippen LogP contribution in [-0.4, -0.2) is 39.4 Å². The zero-order valence-corrected chi connectivity index (χ0v) is 9.55. The topological polar surface area (TPSA) is 80.7 Å². The van der Waals surface area contributed by atoms with Gasteiger partial charge >= 0.3 is 11.9 Å². The third-order valence-corrected chi connectivity index (χ3v) is 2.70. The quantitative estimate of drug-likeness (QED) is 0.492. The molecular weight excluding hydrogens is 220 g/mol. The Morgan fingerprint density at radius 1 is 1.27 bits per heavy atom. The average molecular weight is 236 g/mol. The Bertz CT molecular complexity index is 239. The van der Waals surface area contributed by atoms with Crippen molar-refractivity contribution in [3.05, 3.63) is 0 Å². The molecule has 15 heavy (non-hydrogen) atoms. The molecule has 0 aliphatic carbocycles. The molecule has 0 aliphatic heterocycles. The zero-order valence-electron chi connectivity index (χ0n) is 8.73. The predicted molar refractivity (Wildman–Crippen MR) is 56.0 cm³/mol. The number of unbranched alkanes of at least 4 members (excludes halogenated alkanes) is 2. The lowest BCUT2D eigenvalue weighted by Gasteiger charge is -2.03. The van der Waals surface area contributed by atoms with Crippen LogP contribution < -0.4 is 0 Å². The van der Waals surface area contributed by atoms with Crippen molar-refractivity contribution < 1.29 is 23.6 Å². The second-order valence-electron chi connectivity index (χ2n) is 3.05. The van der Waals surface area contributed by atoms with Gasteiger partial charge in [0.2, 0.25) is 0 Å². The molecular formula is C9H16O5S. The minimum absolute atomic E-state index is 0.316. The number of esters is 1. The van der Waals surface area contributed by atoms with Crippen LogP contribution in [0.2, 0.25) is 0 Å². The molecule has 0 bridgehead atoms. The highest BCUT2D eigenvalue weighted by molar-refractivity contribution is 7.86. The molecule has 0 fully saturated rings. The molecule has 6 heteroatoms. The molecule has 0 radical (unpaired) electrons. The van der Waals surface area contributed by atoms with Gasteiger partial charge in [-0.05, 0) is 6.42 Å². The van der Waals surface area contributed by atoms with E-state index in [0.29, 0.717) is 6.61 Å². The molecule has 5 nitrogen and oxygen atoms in total. The number of carbonyl (C=O) groups is 2. The van der Waals surface area contributed by atoms with Crippen molar-refractivity contribution in [2.75, 3.05) is 18.1 Å². The lowest BCUT2D eigenvalue weighted by molar-refractivity contribution is -0.140. The Kier molecular flexibility index (Phi) is 7.89. The summed E-state index contributed by atoms with van der Waals surface area (Å²) < 4.78 is 15.8. The van der Waals surface area contributed by atoms with Gasteiger partial charge in [-0.1, -0.05) is 19.8 Å². The van der Waals surface area contributed by atoms with Crippen LogP contribution in [0.4, 0.5) is 0 Å². The van der Waals surface area contributed by atoms with Crippen molar-refractivity contribution in [1.82, 2.24) is 0 Å². The number of ether oxygens (including phenoxy) is 1. The molecule has 88 valence electrons. The van der Waals surface area contributed by atoms with Crippen molar-refractivity contribution in [2.24, 2.45) is 0 Å². The molecule has 1 unspecified atom stereocenters. The Morgan fingerprint density at radius 2 is 1.93 bits per heavy atom. The number of carboxylic acids is 1. The van der Waals surface area contributed by atoms with Crippen molar-refractivity contribution in [3.63, 3.8) is 0 Å². The van der Waals surface area contributed by atoms with E-state index >= 15 is 0 Å². The van der Waals surface area contributed by atoms with Crippen LogP contribution in [0.3, 0.4) is 0 Å². The summed E-state index contributed by atoms with van der Waals surface area (Å²) in [6.07, 6.45) is 2.79. The first-order chi connectivity index (χ1) is 7.06. The van der Waals surface area contributed by atoms with Crippen molar-refractivity contribution in [2.45, 2.75) is 26.2 Å². The molecule has 0 heterocycles. The van der Waals surface area contributed by atoms with Gasteiger partial charge in [0, 0.05) is 10.8 Å². The normalized spacial score (nSPS) is 12.1. The molecule has 1 N–H and O–H groups in total. The fraction of sp³-hybridized carbons (Fsp3) is 0.778. The molecule has 0 spiro atoms. The summed E-state index contributed by atoms with van der Waals surface area (Å²) >= 11 is 0. The van der Waals surface area contributed by atoms with Crippen LogP contribution in [0.5, 0.6) is 0 Å². The maximum atomic E-state index is 11.0.